The smallest absolute Gasteiger partial charge is 0.183 e. The molecular weight excluding hydrogens is 152 g/mol. The van der Waals surface area contributed by atoms with E-state index in [1.807, 2.05) is 0 Å². The molecule has 0 aromatic rings. The van der Waals surface area contributed by atoms with Crippen molar-refractivity contribution in [1.82, 2.24) is 0 Å². The summed E-state index contributed by atoms with van der Waals surface area (Å²) in [6.45, 7) is 1.50. The third-order valence-electron chi connectivity index (χ3n) is 1.83. The van der Waals surface area contributed by atoms with Crippen molar-refractivity contribution in [2.24, 2.45) is 0 Å². The quantitative estimate of drug-likeness (QED) is 0.326. The molecule has 1 heterocycles. The maximum absolute atomic E-state index is 9.09. The molecule has 0 spiro atoms. The Morgan fingerprint density at radius 2 is 1.45 bits per heavy atom. The summed E-state index contributed by atoms with van der Waals surface area (Å²) >= 11 is 0. The molecule has 5 atom stereocenters. The molecule has 1 saturated heterocycles. The summed E-state index contributed by atoms with van der Waals surface area (Å²) in [5.41, 5.74) is 0. The first-order valence-corrected chi connectivity index (χ1v) is 3.41. The molecule has 66 valence electrons. The number of aliphatic hydroxyl groups is 4. The van der Waals surface area contributed by atoms with Crippen LogP contribution in [0, 0.1) is 0 Å². The van der Waals surface area contributed by atoms with E-state index in [1.165, 1.54) is 6.92 Å². The molecule has 1 rings (SSSR count). The maximum Gasteiger partial charge on any atom is 0.183 e. The largest absolute Gasteiger partial charge is 0.388 e. The lowest BCUT2D eigenvalue weighted by Crippen LogP contribution is -2.56. The third kappa shape index (κ3) is 1.52. The zero-order valence-corrected chi connectivity index (χ0v) is 6.08. The van der Waals surface area contributed by atoms with Gasteiger partial charge in [0.25, 0.3) is 0 Å². The lowest BCUT2D eigenvalue weighted by molar-refractivity contribution is -0.277. The van der Waals surface area contributed by atoms with Gasteiger partial charge >= 0.3 is 0 Å². The van der Waals surface area contributed by atoms with Gasteiger partial charge in [0.1, 0.15) is 18.3 Å². The fraction of sp³-hybridized carbons (Fsp3) is 1.00. The van der Waals surface area contributed by atoms with Gasteiger partial charge < -0.3 is 25.2 Å². The summed E-state index contributed by atoms with van der Waals surface area (Å²) in [6, 6.07) is 0. The molecule has 5 nitrogen and oxygen atoms in total. The number of ether oxygens (including phenoxy) is 1. The molecule has 5 heteroatoms. The van der Waals surface area contributed by atoms with Crippen molar-refractivity contribution in [1.29, 1.82) is 0 Å². The molecule has 11 heavy (non-hydrogen) atoms. The van der Waals surface area contributed by atoms with Crippen LogP contribution in [0.3, 0.4) is 0 Å². The van der Waals surface area contributed by atoms with Crippen molar-refractivity contribution < 1.29 is 25.2 Å². The summed E-state index contributed by atoms with van der Waals surface area (Å²) in [5.74, 6) is 0. The van der Waals surface area contributed by atoms with Gasteiger partial charge in [-0.25, -0.2) is 0 Å². The predicted molar refractivity (Wildman–Crippen MR) is 34.6 cm³/mol. The Morgan fingerprint density at radius 3 is 2.00 bits per heavy atom. The number of hydrogen-bond donors (Lipinski definition) is 4. The van der Waals surface area contributed by atoms with Gasteiger partial charge in [-0.05, 0) is 6.92 Å². The second-order valence-electron chi connectivity index (χ2n) is 2.70. The highest BCUT2D eigenvalue weighted by Gasteiger charge is 2.40. The van der Waals surface area contributed by atoms with Crippen LogP contribution in [0.2, 0.25) is 0 Å². The van der Waals surface area contributed by atoms with Crippen LogP contribution in [0.5, 0.6) is 0 Å². The van der Waals surface area contributed by atoms with E-state index in [1.54, 1.807) is 0 Å². The predicted octanol–water partition coefficient (Wildman–Crippen LogP) is -2.19. The van der Waals surface area contributed by atoms with E-state index in [2.05, 4.69) is 4.74 Å². The van der Waals surface area contributed by atoms with Gasteiger partial charge in [-0.1, -0.05) is 0 Å². The second-order valence-corrected chi connectivity index (χ2v) is 2.70. The summed E-state index contributed by atoms with van der Waals surface area (Å²) in [7, 11) is 0. The molecule has 4 N–H and O–H groups in total. The van der Waals surface area contributed by atoms with Gasteiger partial charge in [0.2, 0.25) is 0 Å². The van der Waals surface area contributed by atoms with E-state index < -0.39 is 30.7 Å². The molecule has 0 bridgehead atoms. The molecule has 2 unspecified atom stereocenters. The van der Waals surface area contributed by atoms with E-state index >= 15 is 0 Å². The number of hydrogen-bond acceptors (Lipinski definition) is 5. The molecule has 1 aliphatic rings. The van der Waals surface area contributed by atoms with Gasteiger partial charge in [0, 0.05) is 0 Å². The van der Waals surface area contributed by atoms with Crippen molar-refractivity contribution in [3.8, 4) is 0 Å². The normalized spacial score (nSPS) is 52.6. The molecule has 0 radical (unpaired) electrons. The first kappa shape index (κ1) is 8.89. The van der Waals surface area contributed by atoms with Gasteiger partial charge in [-0.3, -0.25) is 0 Å². The molecule has 0 saturated carbocycles. The highest BCUT2D eigenvalue weighted by Crippen LogP contribution is 2.18. The van der Waals surface area contributed by atoms with Gasteiger partial charge in [-0.15, -0.1) is 0 Å². The zero-order chi connectivity index (χ0) is 8.59. The fourth-order valence-corrected chi connectivity index (χ4v) is 1.03. The molecular formula is C6H12O5. The maximum atomic E-state index is 9.09. The van der Waals surface area contributed by atoms with E-state index in [-0.39, 0.29) is 0 Å². The SMILES string of the molecule is C[C@@H]1O[C@@H](O)C(O)C(O)[C@@H]1O. The van der Waals surface area contributed by atoms with E-state index in [0.29, 0.717) is 0 Å². The lowest BCUT2D eigenvalue weighted by Gasteiger charge is -2.36. The number of rotatable bonds is 0. The highest BCUT2D eigenvalue weighted by molar-refractivity contribution is 4.86. The lowest BCUT2D eigenvalue weighted by atomic mass is 10.0. The average Bonchev–Trinajstić information content (AvgIpc) is 1.97. The third-order valence-corrected chi connectivity index (χ3v) is 1.83. The Labute approximate surface area is 63.8 Å². The van der Waals surface area contributed by atoms with Crippen molar-refractivity contribution in [2.75, 3.05) is 0 Å². The Bertz CT molecular complexity index is 125. The molecule has 0 aliphatic carbocycles. The van der Waals surface area contributed by atoms with Crippen LogP contribution in [0.1, 0.15) is 6.92 Å². The van der Waals surface area contributed by atoms with Crippen molar-refractivity contribution in [3.63, 3.8) is 0 Å². The van der Waals surface area contributed by atoms with E-state index in [4.69, 9.17) is 20.4 Å². The first-order valence-electron chi connectivity index (χ1n) is 3.41. The Balaban J connectivity index is 2.63. The van der Waals surface area contributed by atoms with Crippen LogP contribution in [0.25, 0.3) is 0 Å². The minimum absolute atomic E-state index is 0.664. The molecule has 0 amide bonds. The summed E-state index contributed by atoms with van der Waals surface area (Å²) in [5, 5.41) is 36.0. The summed E-state index contributed by atoms with van der Waals surface area (Å²) in [4.78, 5) is 0. The Hall–Kier alpha value is -0.200. The fourth-order valence-electron chi connectivity index (χ4n) is 1.03. The van der Waals surface area contributed by atoms with Gasteiger partial charge in [0.05, 0.1) is 6.10 Å². The topological polar surface area (TPSA) is 90.2 Å². The first-order chi connectivity index (χ1) is 5.04. The summed E-state index contributed by atoms with van der Waals surface area (Å²) in [6.07, 6.45) is -5.99. The molecule has 0 aromatic carbocycles. The molecule has 1 fully saturated rings. The van der Waals surface area contributed by atoms with E-state index in [0.717, 1.165) is 0 Å². The minimum Gasteiger partial charge on any atom is -0.388 e. The van der Waals surface area contributed by atoms with Crippen LogP contribution < -0.4 is 0 Å². The van der Waals surface area contributed by atoms with Crippen molar-refractivity contribution in [2.45, 2.75) is 37.6 Å². The van der Waals surface area contributed by atoms with Gasteiger partial charge in [0.15, 0.2) is 6.29 Å². The zero-order valence-electron chi connectivity index (χ0n) is 6.08. The van der Waals surface area contributed by atoms with Crippen LogP contribution >= 0.6 is 0 Å². The van der Waals surface area contributed by atoms with Crippen molar-refractivity contribution in [3.05, 3.63) is 0 Å². The highest BCUT2D eigenvalue weighted by atomic mass is 16.6. The summed E-state index contributed by atoms with van der Waals surface area (Å²) < 4.78 is 4.68. The van der Waals surface area contributed by atoms with Crippen LogP contribution in [0.15, 0.2) is 0 Å². The monoisotopic (exact) mass is 164 g/mol. The Morgan fingerprint density at radius 1 is 0.909 bits per heavy atom. The van der Waals surface area contributed by atoms with Crippen molar-refractivity contribution >= 4 is 0 Å². The van der Waals surface area contributed by atoms with Crippen LogP contribution in [0.4, 0.5) is 0 Å². The number of aliphatic hydroxyl groups excluding tert-OH is 4. The van der Waals surface area contributed by atoms with E-state index in [9.17, 15) is 0 Å². The molecule has 1 aliphatic heterocycles. The Kier molecular flexibility index (Phi) is 2.46. The molecule has 0 aromatic heterocycles. The average molecular weight is 164 g/mol. The second kappa shape index (κ2) is 3.04. The van der Waals surface area contributed by atoms with Crippen LogP contribution in [-0.4, -0.2) is 51.1 Å². The minimum atomic E-state index is -1.43. The van der Waals surface area contributed by atoms with Gasteiger partial charge in [-0.2, -0.15) is 0 Å². The standard InChI is InChI=1S/C6H12O5/c1-2-3(7)4(8)5(9)6(10)11-2/h2-10H,1H3/t2-,3+,4?,5?,6+/m0/s1. The van der Waals surface area contributed by atoms with Crippen LogP contribution in [-0.2, 0) is 4.74 Å².